The van der Waals surface area contributed by atoms with Crippen molar-refractivity contribution in [2.24, 2.45) is 5.73 Å². The highest BCUT2D eigenvalue weighted by molar-refractivity contribution is 5.94. The molecule has 3 N–H and O–H groups in total. The number of anilines is 1. The van der Waals surface area contributed by atoms with E-state index in [9.17, 15) is 4.79 Å². The standard InChI is InChI=1S/C18H16N2O/c19-18(21)17-8-4-3-7-15(17)12-20-16-10-9-13-5-1-2-6-14(13)11-16/h1-11,20H,12H2,(H2,19,21). The highest BCUT2D eigenvalue weighted by Crippen LogP contribution is 2.20. The Bertz CT molecular complexity index is 796. The van der Waals surface area contributed by atoms with Gasteiger partial charge in [-0.2, -0.15) is 0 Å². The molecule has 0 radical (unpaired) electrons. The van der Waals surface area contributed by atoms with Crippen molar-refractivity contribution in [3.63, 3.8) is 0 Å². The molecule has 0 aromatic heterocycles. The molecular weight excluding hydrogens is 260 g/mol. The fourth-order valence-electron chi connectivity index (χ4n) is 2.41. The molecule has 0 spiro atoms. The van der Waals surface area contributed by atoms with E-state index in [1.165, 1.54) is 10.8 Å². The Morgan fingerprint density at radius 3 is 2.43 bits per heavy atom. The Labute approximate surface area is 123 Å². The van der Waals surface area contributed by atoms with Gasteiger partial charge >= 0.3 is 0 Å². The zero-order chi connectivity index (χ0) is 14.7. The van der Waals surface area contributed by atoms with Crippen molar-refractivity contribution >= 4 is 22.4 Å². The molecule has 3 rings (SSSR count). The number of carbonyl (C=O) groups excluding carboxylic acids is 1. The van der Waals surface area contributed by atoms with Gasteiger partial charge in [-0.25, -0.2) is 0 Å². The predicted octanol–water partition coefficient (Wildman–Crippen LogP) is 3.55. The van der Waals surface area contributed by atoms with Crippen molar-refractivity contribution in [3.8, 4) is 0 Å². The van der Waals surface area contributed by atoms with E-state index in [1.54, 1.807) is 6.07 Å². The van der Waals surface area contributed by atoms with Crippen LogP contribution in [0.15, 0.2) is 66.7 Å². The molecule has 0 fully saturated rings. The summed E-state index contributed by atoms with van der Waals surface area (Å²) in [5, 5.41) is 5.74. The van der Waals surface area contributed by atoms with Crippen LogP contribution in [-0.2, 0) is 6.54 Å². The van der Waals surface area contributed by atoms with Crippen LogP contribution < -0.4 is 11.1 Å². The molecule has 3 aromatic carbocycles. The summed E-state index contributed by atoms with van der Waals surface area (Å²) in [4.78, 5) is 11.4. The third-order valence-electron chi connectivity index (χ3n) is 3.52. The van der Waals surface area contributed by atoms with Crippen LogP contribution in [0.2, 0.25) is 0 Å². The van der Waals surface area contributed by atoms with Gasteiger partial charge in [0.1, 0.15) is 0 Å². The van der Waals surface area contributed by atoms with Crippen molar-refractivity contribution in [2.75, 3.05) is 5.32 Å². The summed E-state index contributed by atoms with van der Waals surface area (Å²) >= 11 is 0. The highest BCUT2D eigenvalue weighted by atomic mass is 16.1. The van der Waals surface area contributed by atoms with Crippen LogP contribution in [0.4, 0.5) is 5.69 Å². The lowest BCUT2D eigenvalue weighted by molar-refractivity contribution is 0.0999. The number of hydrogen-bond acceptors (Lipinski definition) is 2. The van der Waals surface area contributed by atoms with Crippen molar-refractivity contribution in [3.05, 3.63) is 77.9 Å². The second-order valence-corrected chi connectivity index (χ2v) is 4.94. The molecule has 1 amide bonds. The van der Waals surface area contributed by atoms with Crippen LogP contribution >= 0.6 is 0 Å². The number of rotatable bonds is 4. The fourth-order valence-corrected chi connectivity index (χ4v) is 2.41. The van der Waals surface area contributed by atoms with E-state index in [-0.39, 0.29) is 0 Å². The minimum atomic E-state index is -0.397. The van der Waals surface area contributed by atoms with Crippen LogP contribution in [0.25, 0.3) is 10.8 Å². The quantitative estimate of drug-likeness (QED) is 0.765. The summed E-state index contributed by atoms with van der Waals surface area (Å²) in [6, 6.07) is 21.8. The van der Waals surface area contributed by atoms with Gasteiger partial charge in [0.25, 0.3) is 0 Å². The van der Waals surface area contributed by atoms with Gasteiger partial charge in [0, 0.05) is 17.8 Å². The van der Waals surface area contributed by atoms with Gasteiger partial charge in [0.2, 0.25) is 5.91 Å². The molecule has 0 unspecified atom stereocenters. The smallest absolute Gasteiger partial charge is 0.249 e. The third-order valence-corrected chi connectivity index (χ3v) is 3.52. The zero-order valence-electron chi connectivity index (χ0n) is 11.5. The molecule has 0 saturated carbocycles. The lowest BCUT2D eigenvalue weighted by Gasteiger charge is -2.10. The number of benzene rings is 3. The van der Waals surface area contributed by atoms with Gasteiger partial charge in [-0.15, -0.1) is 0 Å². The van der Waals surface area contributed by atoms with E-state index in [1.807, 2.05) is 36.4 Å². The van der Waals surface area contributed by atoms with Crippen LogP contribution in [-0.4, -0.2) is 5.91 Å². The lowest BCUT2D eigenvalue weighted by Crippen LogP contribution is -2.15. The number of nitrogens with one attached hydrogen (secondary N) is 1. The molecule has 0 aliphatic heterocycles. The molecular formula is C18H16N2O. The van der Waals surface area contributed by atoms with E-state index < -0.39 is 5.91 Å². The van der Waals surface area contributed by atoms with Crippen LogP contribution in [0, 0.1) is 0 Å². The molecule has 21 heavy (non-hydrogen) atoms. The first-order chi connectivity index (χ1) is 10.2. The van der Waals surface area contributed by atoms with Gasteiger partial charge in [-0.3, -0.25) is 4.79 Å². The molecule has 3 nitrogen and oxygen atoms in total. The average Bonchev–Trinajstić information content (AvgIpc) is 2.53. The van der Waals surface area contributed by atoms with Crippen molar-refractivity contribution in [1.29, 1.82) is 0 Å². The molecule has 0 heterocycles. The first kappa shape index (κ1) is 13.2. The van der Waals surface area contributed by atoms with Gasteiger partial charge < -0.3 is 11.1 Å². The van der Waals surface area contributed by atoms with Gasteiger partial charge in [-0.05, 0) is 34.5 Å². The molecule has 0 bridgehead atoms. The number of primary amides is 1. The number of fused-ring (bicyclic) bond motifs is 1. The SMILES string of the molecule is NC(=O)c1ccccc1CNc1ccc2ccccc2c1. The molecule has 3 heteroatoms. The summed E-state index contributed by atoms with van der Waals surface area (Å²) in [5.74, 6) is -0.397. The monoisotopic (exact) mass is 276 g/mol. The van der Waals surface area contributed by atoms with Crippen LogP contribution in [0.3, 0.4) is 0 Å². The van der Waals surface area contributed by atoms with Gasteiger partial charge in [-0.1, -0.05) is 48.5 Å². The Morgan fingerprint density at radius 2 is 1.62 bits per heavy atom. The zero-order valence-corrected chi connectivity index (χ0v) is 11.5. The van der Waals surface area contributed by atoms with E-state index in [2.05, 4.69) is 29.6 Å². The first-order valence-electron chi connectivity index (χ1n) is 6.84. The predicted molar refractivity (Wildman–Crippen MR) is 86.2 cm³/mol. The minimum absolute atomic E-state index is 0.397. The largest absolute Gasteiger partial charge is 0.381 e. The second-order valence-electron chi connectivity index (χ2n) is 4.94. The van der Waals surface area contributed by atoms with Crippen molar-refractivity contribution in [2.45, 2.75) is 6.54 Å². The van der Waals surface area contributed by atoms with Crippen LogP contribution in [0.1, 0.15) is 15.9 Å². The number of nitrogens with two attached hydrogens (primary N) is 1. The van der Waals surface area contributed by atoms with Crippen molar-refractivity contribution < 1.29 is 4.79 Å². The summed E-state index contributed by atoms with van der Waals surface area (Å²) in [5.41, 5.74) is 7.87. The maximum Gasteiger partial charge on any atom is 0.249 e. The summed E-state index contributed by atoms with van der Waals surface area (Å²) in [6.45, 7) is 0.567. The maximum atomic E-state index is 11.4. The maximum absolute atomic E-state index is 11.4. The van der Waals surface area contributed by atoms with E-state index in [0.717, 1.165) is 11.3 Å². The van der Waals surface area contributed by atoms with E-state index in [0.29, 0.717) is 12.1 Å². The minimum Gasteiger partial charge on any atom is -0.381 e. The average molecular weight is 276 g/mol. The van der Waals surface area contributed by atoms with Gasteiger partial charge in [0.15, 0.2) is 0 Å². The normalized spacial score (nSPS) is 10.5. The third kappa shape index (κ3) is 2.87. The molecule has 0 saturated heterocycles. The fraction of sp³-hybridized carbons (Fsp3) is 0.0556. The summed E-state index contributed by atoms with van der Waals surface area (Å²) in [7, 11) is 0. The highest BCUT2D eigenvalue weighted by Gasteiger charge is 2.06. The Balaban J connectivity index is 1.82. The lowest BCUT2D eigenvalue weighted by atomic mass is 10.1. The molecule has 0 aliphatic carbocycles. The Kier molecular flexibility index (Phi) is 3.56. The van der Waals surface area contributed by atoms with E-state index >= 15 is 0 Å². The topological polar surface area (TPSA) is 55.1 Å². The number of amides is 1. The summed E-state index contributed by atoms with van der Waals surface area (Å²) in [6.07, 6.45) is 0. The van der Waals surface area contributed by atoms with Gasteiger partial charge in [0.05, 0.1) is 0 Å². The van der Waals surface area contributed by atoms with Crippen LogP contribution in [0.5, 0.6) is 0 Å². The Hall–Kier alpha value is -2.81. The van der Waals surface area contributed by atoms with Crippen molar-refractivity contribution in [1.82, 2.24) is 0 Å². The molecule has 0 aliphatic rings. The Morgan fingerprint density at radius 1 is 0.905 bits per heavy atom. The second kappa shape index (κ2) is 5.67. The molecule has 104 valence electrons. The number of carbonyl (C=O) groups is 1. The summed E-state index contributed by atoms with van der Waals surface area (Å²) < 4.78 is 0. The molecule has 3 aromatic rings. The number of hydrogen-bond donors (Lipinski definition) is 2. The molecule has 0 atom stereocenters. The van der Waals surface area contributed by atoms with E-state index in [4.69, 9.17) is 5.73 Å². The first-order valence-corrected chi connectivity index (χ1v) is 6.84.